The van der Waals surface area contributed by atoms with Gasteiger partial charge in [-0.15, -0.1) is 0 Å². The highest BCUT2D eigenvalue weighted by Crippen LogP contribution is 2.29. The minimum atomic E-state index is -2.66. The van der Waals surface area contributed by atoms with Crippen LogP contribution in [0.2, 0.25) is 15.1 Å². The highest BCUT2D eigenvalue weighted by atomic mass is 35.5. The van der Waals surface area contributed by atoms with Crippen LogP contribution >= 0.6 is 34.8 Å². The summed E-state index contributed by atoms with van der Waals surface area (Å²) in [6, 6.07) is 26.3. The molecule has 3 aliphatic heterocycles. The third-order valence-corrected chi connectivity index (χ3v) is 18.2. The van der Waals surface area contributed by atoms with Crippen molar-refractivity contribution in [2.24, 2.45) is 0 Å². The second-order valence-electron chi connectivity index (χ2n) is 24.4. The molecule has 1 N–H and O–H groups in total. The van der Waals surface area contributed by atoms with Gasteiger partial charge in [0.05, 0.1) is 42.6 Å². The number of hydrogen-bond acceptors (Lipinski definition) is 11. The van der Waals surface area contributed by atoms with Crippen molar-refractivity contribution in [2.45, 2.75) is 137 Å². The lowest BCUT2D eigenvalue weighted by atomic mass is 10.0. The number of halogens is 4. The largest absolute Gasteiger partial charge is 0.487 e. The van der Waals surface area contributed by atoms with E-state index in [-0.39, 0.29) is 35.4 Å². The van der Waals surface area contributed by atoms with Gasteiger partial charge >= 0.3 is 0 Å². The lowest BCUT2D eigenvalue weighted by Crippen LogP contribution is -2.48. The Morgan fingerprint density at radius 3 is 1.37 bits per heavy atom. The maximum absolute atomic E-state index is 13.9. The van der Waals surface area contributed by atoms with Crippen LogP contribution in [0.25, 0.3) is 0 Å². The lowest BCUT2D eigenvalue weighted by molar-refractivity contribution is 0.0642. The van der Waals surface area contributed by atoms with E-state index in [1.54, 1.807) is 51.7 Å². The quantitative estimate of drug-likeness (QED) is 0.120. The summed E-state index contributed by atoms with van der Waals surface area (Å²) in [6.07, 6.45) is 6.75. The number of ether oxygens (including phenoxy) is 1. The molecule has 0 saturated carbocycles. The number of likely N-dealkylation sites (tertiary alicyclic amines) is 1. The van der Waals surface area contributed by atoms with E-state index >= 15 is 0 Å². The number of carbonyl (C=O) groups excluding carboxylic acids is 3. The van der Waals surface area contributed by atoms with E-state index in [0.29, 0.717) is 72.1 Å². The van der Waals surface area contributed by atoms with Gasteiger partial charge in [-0.05, 0) is 138 Å². The number of piperazine rings is 2. The predicted molar refractivity (Wildman–Crippen MR) is 369 cm³/mol. The molecular formula is C69H101Cl3FN7O7S2. The van der Waals surface area contributed by atoms with Crippen molar-refractivity contribution in [2.75, 3.05) is 111 Å². The molecule has 4 heterocycles. The number of nitrogens with one attached hydrogen (secondary N) is 1. The number of piperidine rings is 1. The van der Waals surface area contributed by atoms with E-state index in [2.05, 4.69) is 103 Å². The van der Waals surface area contributed by atoms with Gasteiger partial charge in [0.2, 0.25) is 0 Å². The summed E-state index contributed by atoms with van der Waals surface area (Å²) in [5.74, 6) is 2.53. The minimum absolute atomic E-state index is 0.0387. The molecule has 0 spiro atoms. The van der Waals surface area contributed by atoms with Crippen LogP contribution in [0, 0.1) is 5.82 Å². The van der Waals surface area contributed by atoms with Crippen LogP contribution in [0.1, 0.15) is 184 Å². The Labute approximate surface area is 551 Å². The minimum Gasteiger partial charge on any atom is -0.487 e. The SMILES string of the molecule is CC(C)c1ccc(C(=O)N(C)C)c(Cl)c1.CC(C)c1ccc(C(=O)N2CCNCC2)c(Cl)c1.CC(C)c1ccc(OC2CCN(C)CC2)c(F)c1.CC(C)c1ccc(S(C)=O)nc1.CCN1CCN(C(=O)c2ccc(C(C)C)cc2Cl)CC1.CCS(C)(=O)=O. The number of rotatable bonds is 13. The van der Waals surface area contributed by atoms with Crippen LogP contribution < -0.4 is 10.1 Å². The molecule has 1 atom stereocenters. The van der Waals surface area contributed by atoms with Gasteiger partial charge in [0, 0.05) is 104 Å². The van der Waals surface area contributed by atoms with Crippen molar-refractivity contribution in [3.63, 3.8) is 0 Å². The Morgan fingerprint density at radius 1 is 0.629 bits per heavy atom. The number of hydrogen-bond donors (Lipinski definition) is 1. The van der Waals surface area contributed by atoms with E-state index in [9.17, 15) is 31.4 Å². The summed E-state index contributed by atoms with van der Waals surface area (Å²) in [4.78, 5) is 50.5. The number of carbonyl (C=O) groups is 3. The van der Waals surface area contributed by atoms with Crippen molar-refractivity contribution in [1.82, 2.24) is 34.8 Å². The second-order valence-corrected chi connectivity index (χ2v) is 29.3. The molecule has 20 heteroatoms. The zero-order chi connectivity index (χ0) is 66.9. The first-order valence-corrected chi connectivity index (χ1v) is 35.8. The molecule has 494 valence electrons. The Bertz CT molecular complexity index is 3150. The van der Waals surface area contributed by atoms with Crippen molar-refractivity contribution < 1.29 is 36.1 Å². The summed E-state index contributed by atoms with van der Waals surface area (Å²) < 4.78 is 50.6. The molecule has 0 bridgehead atoms. The van der Waals surface area contributed by atoms with E-state index in [1.165, 1.54) is 22.3 Å². The summed E-state index contributed by atoms with van der Waals surface area (Å²) in [6.45, 7) is 34.6. The monoisotopic (exact) mass is 1330 g/mol. The van der Waals surface area contributed by atoms with E-state index in [0.717, 1.165) is 102 Å². The Hall–Kier alpha value is -4.98. The van der Waals surface area contributed by atoms with Gasteiger partial charge in [0.25, 0.3) is 17.7 Å². The number of pyridine rings is 1. The first-order valence-electron chi connectivity index (χ1n) is 31.0. The Kier molecular flexibility index (Phi) is 34.1. The summed E-state index contributed by atoms with van der Waals surface area (Å²) in [5.41, 5.74) is 7.48. The summed E-state index contributed by atoms with van der Waals surface area (Å²) in [7, 11) is 1.92. The fourth-order valence-corrected chi connectivity index (χ4v) is 10.3. The highest BCUT2D eigenvalue weighted by Gasteiger charge is 2.25. The molecule has 3 amide bonds. The maximum atomic E-state index is 13.9. The molecule has 0 aliphatic carbocycles. The molecule has 3 fully saturated rings. The number of aromatic nitrogens is 1. The van der Waals surface area contributed by atoms with Gasteiger partial charge in [-0.3, -0.25) is 18.6 Å². The van der Waals surface area contributed by atoms with Crippen LogP contribution in [0.4, 0.5) is 4.39 Å². The molecule has 3 saturated heterocycles. The lowest BCUT2D eigenvalue weighted by Gasteiger charge is -2.34. The van der Waals surface area contributed by atoms with Gasteiger partial charge in [-0.2, -0.15) is 0 Å². The van der Waals surface area contributed by atoms with Crippen molar-refractivity contribution in [3.05, 3.63) is 157 Å². The van der Waals surface area contributed by atoms with Crippen LogP contribution in [-0.2, 0) is 20.6 Å². The molecule has 0 radical (unpaired) electrons. The fourth-order valence-electron chi connectivity index (χ4n) is 9.07. The molecule has 4 aromatic carbocycles. The number of likely N-dealkylation sites (N-methyl/N-ethyl adjacent to an activating group) is 1. The summed E-state index contributed by atoms with van der Waals surface area (Å²) in [5, 5.41) is 5.54. The molecule has 14 nitrogen and oxygen atoms in total. The molecule has 1 unspecified atom stereocenters. The van der Waals surface area contributed by atoms with Crippen molar-refractivity contribution in [1.29, 1.82) is 0 Å². The molecule has 89 heavy (non-hydrogen) atoms. The fraction of sp³-hybridized carbons (Fsp3) is 0.536. The van der Waals surface area contributed by atoms with Gasteiger partial charge < -0.3 is 34.6 Å². The van der Waals surface area contributed by atoms with E-state index < -0.39 is 20.6 Å². The first kappa shape index (κ1) is 78.3. The van der Waals surface area contributed by atoms with Crippen LogP contribution in [0.15, 0.2) is 96.2 Å². The van der Waals surface area contributed by atoms with E-state index in [1.807, 2.05) is 76.5 Å². The third kappa shape index (κ3) is 27.0. The van der Waals surface area contributed by atoms with Gasteiger partial charge in [0.15, 0.2) is 11.6 Å². The standard InChI is InChI=1S/C16H23ClN2O.C15H22FNO.C14H19ClN2O.C12H16ClNO.C9H13NOS.C3H8O2S/c1-4-18-7-9-19(10-8-18)16(20)14-6-5-13(12(2)3)11-15(14)17;1-11(2)12-4-5-15(14(16)10-12)18-13-6-8-17(3)9-7-13;1-10(2)11-3-4-12(13(15)9-11)14(18)17-7-5-16-6-8-17;1-8(2)9-5-6-10(11(13)7-9)12(15)14(3)4;1-7(2)8-4-5-9(10-6-8)12(3)11;1-3-6(2,4)5/h5-6,11-12H,4,7-10H2,1-3H3;4-5,10-11,13H,6-9H2,1-3H3;3-4,9-10,16H,5-8H2,1-2H3;5-8H,1-4H3;4-7H,1-3H3;3H2,1-2H3. The number of benzene rings is 4. The Morgan fingerprint density at radius 2 is 1.02 bits per heavy atom. The van der Waals surface area contributed by atoms with Gasteiger partial charge in [-0.25, -0.2) is 17.8 Å². The van der Waals surface area contributed by atoms with Gasteiger partial charge in [0.1, 0.15) is 21.0 Å². The molecule has 5 aromatic rings. The average Bonchev–Trinajstić information content (AvgIpc) is 2.39. The molecule has 8 rings (SSSR count). The molecule has 3 aliphatic rings. The average molecular weight is 1330 g/mol. The first-order chi connectivity index (χ1) is 41.8. The zero-order valence-corrected chi connectivity index (χ0v) is 59.8. The number of nitrogens with zero attached hydrogens (tertiary/aromatic N) is 6. The van der Waals surface area contributed by atoms with Crippen molar-refractivity contribution in [3.8, 4) is 5.75 Å². The zero-order valence-electron chi connectivity index (χ0n) is 55.9. The van der Waals surface area contributed by atoms with Crippen LogP contribution in [0.3, 0.4) is 0 Å². The topological polar surface area (TPSA) is 153 Å². The third-order valence-electron chi connectivity index (χ3n) is 15.4. The van der Waals surface area contributed by atoms with Crippen LogP contribution in [0.5, 0.6) is 5.75 Å². The smallest absolute Gasteiger partial charge is 0.255 e. The van der Waals surface area contributed by atoms with Crippen molar-refractivity contribution >= 4 is 73.2 Å². The Balaban J connectivity index is 0.000000286. The molecule has 1 aromatic heterocycles. The molecular weight excluding hydrogens is 1230 g/mol. The maximum Gasteiger partial charge on any atom is 0.255 e. The summed E-state index contributed by atoms with van der Waals surface area (Å²) >= 11 is 18.6. The van der Waals surface area contributed by atoms with E-state index in [4.69, 9.17) is 39.5 Å². The normalized spacial score (nSPS) is 15.1. The number of amides is 3. The van der Waals surface area contributed by atoms with Gasteiger partial charge in [-0.1, -0.05) is 148 Å². The number of sulfone groups is 1. The van der Waals surface area contributed by atoms with Crippen LogP contribution in [-0.4, -0.2) is 177 Å². The second kappa shape index (κ2) is 38.8. The predicted octanol–water partition coefficient (Wildman–Crippen LogP) is 14.3. The highest BCUT2D eigenvalue weighted by molar-refractivity contribution is 7.90.